The molecule has 23 heavy (non-hydrogen) atoms. The van der Waals surface area contributed by atoms with Gasteiger partial charge in [0.05, 0.1) is 5.56 Å². The van der Waals surface area contributed by atoms with Crippen molar-refractivity contribution in [1.29, 1.82) is 0 Å². The van der Waals surface area contributed by atoms with Crippen LogP contribution in [-0.4, -0.2) is 41.2 Å². The minimum Gasteiger partial charge on any atom is -0.479 e. The molecule has 0 fully saturated rings. The van der Waals surface area contributed by atoms with Crippen LogP contribution >= 0.6 is 0 Å². The Labute approximate surface area is 125 Å². The van der Waals surface area contributed by atoms with Gasteiger partial charge in [0, 0.05) is 0 Å². The van der Waals surface area contributed by atoms with Crippen LogP contribution in [-0.2, 0) is 25.9 Å². The molecule has 126 valence electrons. The van der Waals surface area contributed by atoms with Crippen LogP contribution in [0.5, 0.6) is 0 Å². The molecule has 1 rings (SSSR count). The molecule has 0 aliphatic heterocycles. The number of nitrogens with zero attached hydrogens (tertiary/aromatic N) is 2. The summed E-state index contributed by atoms with van der Waals surface area (Å²) in [6.45, 7) is 0. The lowest BCUT2D eigenvalue weighted by molar-refractivity contribution is -0.149. The number of hydrogen-bond acceptors (Lipinski definition) is 6. The molecule has 0 saturated heterocycles. The van der Waals surface area contributed by atoms with E-state index in [0.717, 1.165) is 0 Å². The third-order valence-electron chi connectivity index (χ3n) is 2.31. The Morgan fingerprint density at radius 1 is 1.13 bits per heavy atom. The molecule has 0 aliphatic rings. The van der Waals surface area contributed by atoms with Gasteiger partial charge < -0.3 is 10.2 Å². The predicted octanol–water partition coefficient (Wildman–Crippen LogP) is 1.57. The summed E-state index contributed by atoms with van der Waals surface area (Å²) in [6, 6.07) is -1.57. The Bertz CT molecular complexity index is 759. The van der Waals surface area contributed by atoms with Gasteiger partial charge in [0.2, 0.25) is 0 Å². The Hall–Kier alpha value is -2.54. The molecule has 9 nitrogen and oxygen atoms in total. The lowest BCUT2D eigenvalue weighted by Gasteiger charge is -2.09. The average Bonchev–Trinajstić information content (AvgIpc) is 2.35. The first-order valence-electron chi connectivity index (χ1n) is 5.39. The van der Waals surface area contributed by atoms with E-state index in [0.29, 0.717) is 12.1 Å². The van der Waals surface area contributed by atoms with E-state index in [1.165, 1.54) is 0 Å². The molecule has 0 unspecified atom stereocenters. The van der Waals surface area contributed by atoms with Crippen molar-refractivity contribution in [2.24, 2.45) is 10.2 Å². The highest BCUT2D eigenvalue weighted by Crippen LogP contribution is 2.35. The summed E-state index contributed by atoms with van der Waals surface area (Å²) < 4.78 is 68.8. The van der Waals surface area contributed by atoms with E-state index in [4.69, 9.17) is 14.8 Å². The lowest BCUT2D eigenvalue weighted by atomic mass is 10.2. The highest BCUT2D eigenvalue weighted by molar-refractivity contribution is 7.86. The van der Waals surface area contributed by atoms with Gasteiger partial charge in [-0.15, -0.1) is 0 Å². The van der Waals surface area contributed by atoms with Crippen molar-refractivity contribution in [3.05, 3.63) is 23.8 Å². The van der Waals surface area contributed by atoms with Gasteiger partial charge >= 0.3 is 18.1 Å². The predicted molar refractivity (Wildman–Crippen MR) is 64.8 cm³/mol. The number of halogens is 3. The highest BCUT2D eigenvalue weighted by atomic mass is 32.2. The fraction of sp³-hybridized carbons (Fsp3) is 0.200. The van der Waals surface area contributed by atoms with Gasteiger partial charge in [-0.2, -0.15) is 31.8 Å². The van der Waals surface area contributed by atoms with Crippen LogP contribution in [0.4, 0.5) is 18.9 Å². The number of aliphatic carboxylic acids is 2. The van der Waals surface area contributed by atoms with E-state index in [2.05, 4.69) is 10.2 Å². The molecular formula is C10H7F3N2O7S. The van der Waals surface area contributed by atoms with Gasteiger partial charge in [-0.1, -0.05) is 0 Å². The molecule has 0 saturated carbocycles. The normalized spacial score (nSPS) is 12.7. The Morgan fingerprint density at radius 2 is 1.65 bits per heavy atom. The van der Waals surface area contributed by atoms with E-state index in [-0.39, 0.29) is 6.07 Å². The van der Waals surface area contributed by atoms with Gasteiger partial charge in [0.1, 0.15) is 10.6 Å². The average molecular weight is 356 g/mol. The summed E-state index contributed by atoms with van der Waals surface area (Å²) in [5.74, 6) is -3.94. The van der Waals surface area contributed by atoms with E-state index in [1.807, 2.05) is 0 Å². The van der Waals surface area contributed by atoms with Crippen molar-refractivity contribution in [2.45, 2.75) is 17.1 Å². The maximum Gasteiger partial charge on any atom is 0.416 e. The minimum atomic E-state index is -5.00. The van der Waals surface area contributed by atoms with Crippen LogP contribution in [0.3, 0.4) is 0 Å². The Balaban J connectivity index is 3.47. The van der Waals surface area contributed by atoms with Crippen LogP contribution in [0, 0.1) is 0 Å². The van der Waals surface area contributed by atoms with Crippen molar-refractivity contribution in [1.82, 2.24) is 0 Å². The zero-order valence-corrected chi connectivity index (χ0v) is 11.5. The van der Waals surface area contributed by atoms with Crippen molar-refractivity contribution in [3.8, 4) is 0 Å². The standard InChI is InChI=1S/C10H7F3N2O7S/c11-10(12,13)4-1-2-6(23(20,21)22)5(3-4)14-15-7(8(16)17)9(18)19/h1-3,7H,(H,16,17)(H,18,19)(H,20,21,22). The molecule has 0 atom stereocenters. The van der Waals surface area contributed by atoms with Crippen LogP contribution in [0.25, 0.3) is 0 Å². The molecule has 3 N–H and O–H groups in total. The third kappa shape index (κ3) is 4.72. The maximum absolute atomic E-state index is 12.6. The quantitative estimate of drug-likeness (QED) is 0.411. The monoisotopic (exact) mass is 356 g/mol. The molecular weight excluding hydrogens is 349 g/mol. The fourth-order valence-electron chi connectivity index (χ4n) is 1.31. The number of rotatable bonds is 5. The summed E-state index contributed by atoms with van der Waals surface area (Å²) >= 11 is 0. The molecule has 1 aromatic rings. The van der Waals surface area contributed by atoms with E-state index >= 15 is 0 Å². The molecule has 0 radical (unpaired) electrons. The highest BCUT2D eigenvalue weighted by Gasteiger charge is 2.32. The van der Waals surface area contributed by atoms with Crippen LogP contribution in [0.15, 0.2) is 33.3 Å². The van der Waals surface area contributed by atoms with Crippen molar-refractivity contribution in [2.75, 3.05) is 0 Å². The van der Waals surface area contributed by atoms with Gasteiger partial charge in [-0.05, 0) is 18.2 Å². The maximum atomic E-state index is 12.6. The SMILES string of the molecule is O=C(O)C(N=Nc1cc(C(F)(F)F)ccc1S(=O)(=O)O)C(=O)O. The number of carboxylic acids is 2. The number of carboxylic acid groups (broad SMARTS) is 2. The lowest BCUT2D eigenvalue weighted by Crippen LogP contribution is -2.27. The van der Waals surface area contributed by atoms with Gasteiger partial charge in [-0.3, -0.25) is 4.55 Å². The van der Waals surface area contributed by atoms with Crippen molar-refractivity contribution in [3.63, 3.8) is 0 Å². The number of hydrogen-bond donors (Lipinski definition) is 3. The molecule has 0 bridgehead atoms. The number of alkyl halides is 3. The summed E-state index contributed by atoms with van der Waals surface area (Å²) in [7, 11) is -5.00. The number of azo groups is 1. The van der Waals surface area contributed by atoms with Crippen LogP contribution in [0.2, 0.25) is 0 Å². The summed E-state index contributed by atoms with van der Waals surface area (Å²) in [5, 5.41) is 22.8. The van der Waals surface area contributed by atoms with Crippen molar-refractivity contribution >= 4 is 27.7 Å². The zero-order chi connectivity index (χ0) is 18.0. The summed E-state index contributed by atoms with van der Waals surface area (Å²) in [6.07, 6.45) is -4.89. The second-order valence-corrected chi connectivity index (χ2v) is 5.34. The Kier molecular flexibility index (Phi) is 5.06. The molecule has 0 amide bonds. The zero-order valence-electron chi connectivity index (χ0n) is 10.7. The molecule has 0 spiro atoms. The smallest absolute Gasteiger partial charge is 0.416 e. The summed E-state index contributed by atoms with van der Waals surface area (Å²) in [4.78, 5) is 20.1. The fourth-order valence-corrected chi connectivity index (χ4v) is 1.92. The van der Waals surface area contributed by atoms with Gasteiger partial charge in [0.25, 0.3) is 16.2 Å². The number of carbonyl (C=O) groups is 2. The van der Waals surface area contributed by atoms with E-state index in [9.17, 15) is 31.2 Å². The number of benzene rings is 1. The van der Waals surface area contributed by atoms with Crippen LogP contribution in [0.1, 0.15) is 5.56 Å². The topological polar surface area (TPSA) is 154 Å². The minimum absolute atomic E-state index is 0.174. The molecule has 1 aromatic carbocycles. The third-order valence-corrected chi connectivity index (χ3v) is 3.21. The van der Waals surface area contributed by atoms with E-state index < -0.39 is 50.4 Å². The van der Waals surface area contributed by atoms with Gasteiger partial charge in [0.15, 0.2) is 0 Å². The molecule has 0 aliphatic carbocycles. The van der Waals surface area contributed by atoms with Gasteiger partial charge in [-0.25, -0.2) is 9.59 Å². The first-order chi connectivity index (χ1) is 10.3. The molecule has 13 heteroatoms. The van der Waals surface area contributed by atoms with E-state index in [1.54, 1.807) is 0 Å². The van der Waals surface area contributed by atoms with Crippen molar-refractivity contribution < 1.29 is 45.9 Å². The first-order valence-corrected chi connectivity index (χ1v) is 6.83. The largest absolute Gasteiger partial charge is 0.479 e. The van der Waals surface area contributed by atoms with Crippen LogP contribution < -0.4 is 0 Å². The Morgan fingerprint density at radius 3 is 2.04 bits per heavy atom. The first kappa shape index (κ1) is 18.5. The molecule has 0 heterocycles. The second-order valence-electron chi connectivity index (χ2n) is 3.95. The summed E-state index contributed by atoms with van der Waals surface area (Å²) in [5.41, 5.74) is -2.42. The second kappa shape index (κ2) is 6.29. The molecule has 0 aromatic heterocycles.